The fraction of sp³-hybridized carbons (Fsp3) is 0.364. The zero-order chi connectivity index (χ0) is 23.1. The van der Waals surface area contributed by atoms with E-state index in [4.69, 9.17) is 4.74 Å². The average molecular weight is 448 g/mol. The van der Waals surface area contributed by atoms with Crippen molar-refractivity contribution in [2.45, 2.75) is 32.9 Å². The van der Waals surface area contributed by atoms with Crippen LogP contribution in [0, 0.1) is 6.92 Å². The highest BCUT2D eigenvalue weighted by Gasteiger charge is 2.25. The van der Waals surface area contributed by atoms with Crippen molar-refractivity contribution in [3.63, 3.8) is 0 Å². The second kappa shape index (κ2) is 8.24. The van der Waals surface area contributed by atoms with Crippen molar-refractivity contribution in [1.29, 1.82) is 0 Å². The Hall–Kier alpha value is -3.86. The minimum Gasteiger partial charge on any atom is -0.467 e. The van der Waals surface area contributed by atoms with Crippen molar-refractivity contribution < 1.29 is 9.53 Å². The lowest BCUT2D eigenvalue weighted by Gasteiger charge is -2.38. The molecular formula is C22H25N9O2. The van der Waals surface area contributed by atoms with Gasteiger partial charge in [0.2, 0.25) is 0 Å². The van der Waals surface area contributed by atoms with Crippen LogP contribution in [0.2, 0.25) is 0 Å². The van der Waals surface area contributed by atoms with Gasteiger partial charge in [-0.25, -0.2) is 9.97 Å². The molecule has 1 aliphatic rings. The number of nitrogens with one attached hydrogen (secondary N) is 2. The van der Waals surface area contributed by atoms with Crippen LogP contribution in [-0.4, -0.2) is 67.7 Å². The molecule has 170 valence electrons. The fourth-order valence-corrected chi connectivity index (χ4v) is 4.37. The van der Waals surface area contributed by atoms with E-state index in [-0.39, 0.29) is 11.9 Å². The van der Waals surface area contributed by atoms with Gasteiger partial charge in [-0.15, -0.1) is 0 Å². The van der Waals surface area contributed by atoms with Gasteiger partial charge in [0.05, 0.1) is 18.2 Å². The van der Waals surface area contributed by atoms with E-state index < -0.39 is 0 Å². The predicted octanol–water partition coefficient (Wildman–Crippen LogP) is 1.82. The summed E-state index contributed by atoms with van der Waals surface area (Å²) in [5, 5.41) is 11.4. The number of aryl methyl sites for hydroxylation is 1. The van der Waals surface area contributed by atoms with Gasteiger partial charge in [0, 0.05) is 54.2 Å². The standard InChI is InChI=1S/C22H25N9O2/c1-12-7-18(31-21(27-12)24-11-25-31)28-20(32)15-5-6-17(30-9-13(2)26-14(3)10-30)16-8-23-22(33-4)29-19(15)16/h5-8,11,13-14,26H,9-10H2,1-4H3,(H,28,32)/t13-,14-/m0/s1. The summed E-state index contributed by atoms with van der Waals surface area (Å²) in [4.78, 5) is 33.0. The summed E-state index contributed by atoms with van der Waals surface area (Å²) in [6.07, 6.45) is 3.12. The number of benzene rings is 1. The Morgan fingerprint density at radius 2 is 1.97 bits per heavy atom. The second-order valence-corrected chi connectivity index (χ2v) is 8.33. The minimum absolute atomic E-state index is 0.203. The third kappa shape index (κ3) is 3.91. The van der Waals surface area contributed by atoms with Crippen LogP contribution in [0.5, 0.6) is 6.01 Å². The van der Waals surface area contributed by atoms with Gasteiger partial charge in [-0.05, 0) is 32.9 Å². The average Bonchev–Trinajstić information content (AvgIpc) is 3.25. The first kappa shape index (κ1) is 21.0. The van der Waals surface area contributed by atoms with Gasteiger partial charge >= 0.3 is 6.01 Å². The van der Waals surface area contributed by atoms with Crippen molar-refractivity contribution in [2.24, 2.45) is 0 Å². The van der Waals surface area contributed by atoms with E-state index in [0.29, 0.717) is 34.8 Å². The number of ether oxygens (including phenoxy) is 1. The number of anilines is 2. The lowest BCUT2D eigenvalue weighted by atomic mass is 10.0. The monoisotopic (exact) mass is 447 g/mol. The normalized spacial score (nSPS) is 18.6. The lowest BCUT2D eigenvalue weighted by Crippen LogP contribution is -2.54. The van der Waals surface area contributed by atoms with Crippen molar-refractivity contribution in [3.8, 4) is 6.01 Å². The highest BCUT2D eigenvalue weighted by Crippen LogP contribution is 2.31. The number of amides is 1. The van der Waals surface area contributed by atoms with Crippen LogP contribution in [0.3, 0.4) is 0 Å². The van der Waals surface area contributed by atoms with Gasteiger partial charge < -0.3 is 20.3 Å². The van der Waals surface area contributed by atoms with E-state index in [2.05, 4.69) is 54.4 Å². The van der Waals surface area contributed by atoms with E-state index in [1.165, 1.54) is 18.0 Å². The molecule has 0 aliphatic carbocycles. The molecule has 11 nitrogen and oxygen atoms in total. The van der Waals surface area contributed by atoms with Crippen molar-refractivity contribution in [2.75, 3.05) is 30.4 Å². The molecule has 5 rings (SSSR count). The molecule has 1 aliphatic heterocycles. The quantitative estimate of drug-likeness (QED) is 0.482. The summed E-state index contributed by atoms with van der Waals surface area (Å²) in [6, 6.07) is 6.38. The third-order valence-electron chi connectivity index (χ3n) is 5.65. The summed E-state index contributed by atoms with van der Waals surface area (Å²) in [5.74, 6) is 0.566. The maximum Gasteiger partial charge on any atom is 0.316 e. The molecule has 33 heavy (non-hydrogen) atoms. The number of fused-ring (bicyclic) bond motifs is 2. The number of nitrogens with zero attached hydrogens (tertiary/aromatic N) is 7. The number of carbonyl (C=O) groups excluding carboxylic acids is 1. The molecule has 0 saturated carbocycles. The molecule has 1 amide bonds. The number of hydrogen-bond acceptors (Lipinski definition) is 9. The maximum atomic E-state index is 13.4. The molecular weight excluding hydrogens is 422 g/mol. The Kier molecular flexibility index (Phi) is 5.25. The smallest absolute Gasteiger partial charge is 0.316 e. The molecule has 0 unspecified atom stereocenters. The van der Waals surface area contributed by atoms with Crippen LogP contribution in [0.4, 0.5) is 11.5 Å². The topological polar surface area (TPSA) is 122 Å². The number of carbonyl (C=O) groups is 1. The Bertz CT molecular complexity index is 1340. The van der Waals surface area contributed by atoms with Crippen molar-refractivity contribution in [1.82, 2.24) is 34.9 Å². The van der Waals surface area contributed by atoms with E-state index in [0.717, 1.165) is 29.9 Å². The summed E-state index contributed by atoms with van der Waals surface area (Å²) >= 11 is 0. The molecule has 0 bridgehead atoms. The Balaban J connectivity index is 1.58. The fourth-order valence-electron chi connectivity index (χ4n) is 4.37. The molecule has 1 saturated heterocycles. The van der Waals surface area contributed by atoms with E-state index in [1.54, 1.807) is 18.3 Å². The third-order valence-corrected chi connectivity index (χ3v) is 5.65. The van der Waals surface area contributed by atoms with E-state index in [1.807, 2.05) is 13.0 Å². The van der Waals surface area contributed by atoms with Gasteiger partial charge in [-0.1, -0.05) is 0 Å². The molecule has 4 heterocycles. The summed E-state index contributed by atoms with van der Waals surface area (Å²) in [7, 11) is 1.51. The number of methoxy groups -OCH3 is 1. The van der Waals surface area contributed by atoms with Crippen LogP contribution in [0.1, 0.15) is 29.9 Å². The summed E-state index contributed by atoms with van der Waals surface area (Å²) in [6.45, 7) is 7.85. The van der Waals surface area contributed by atoms with E-state index >= 15 is 0 Å². The first-order chi connectivity index (χ1) is 15.9. The van der Waals surface area contributed by atoms with Crippen LogP contribution < -0.4 is 20.3 Å². The van der Waals surface area contributed by atoms with Gasteiger partial charge in [0.25, 0.3) is 11.7 Å². The maximum absolute atomic E-state index is 13.4. The van der Waals surface area contributed by atoms with Crippen LogP contribution in [0.15, 0.2) is 30.7 Å². The molecule has 3 aromatic heterocycles. The Morgan fingerprint density at radius 1 is 1.18 bits per heavy atom. The molecule has 4 aromatic rings. The molecule has 1 aromatic carbocycles. The zero-order valence-corrected chi connectivity index (χ0v) is 18.9. The first-order valence-electron chi connectivity index (χ1n) is 10.8. The van der Waals surface area contributed by atoms with E-state index in [9.17, 15) is 4.79 Å². The van der Waals surface area contributed by atoms with Crippen LogP contribution in [-0.2, 0) is 0 Å². The van der Waals surface area contributed by atoms with Gasteiger partial charge in [-0.3, -0.25) is 4.79 Å². The number of rotatable bonds is 4. The Morgan fingerprint density at radius 3 is 2.73 bits per heavy atom. The van der Waals surface area contributed by atoms with Crippen LogP contribution in [0.25, 0.3) is 16.7 Å². The predicted molar refractivity (Wildman–Crippen MR) is 124 cm³/mol. The molecule has 2 N–H and O–H groups in total. The molecule has 2 atom stereocenters. The van der Waals surface area contributed by atoms with Crippen molar-refractivity contribution >= 4 is 34.1 Å². The van der Waals surface area contributed by atoms with Gasteiger partial charge in [0.1, 0.15) is 12.1 Å². The molecule has 11 heteroatoms. The Labute approximate surface area is 190 Å². The summed E-state index contributed by atoms with van der Waals surface area (Å²) in [5.41, 5.74) is 2.64. The molecule has 0 radical (unpaired) electrons. The zero-order valence-electron chi connectivity index (χ0n) is 18.9. The number of hydrogen-bond donors (Lipinski definition) is 2. The highest BCUT2D eigenvalue weighted by atomic mass is 16.5. The minimum atomic E-state index is -0.322. The first-order valence-corrected chi connectivity index (χ1v) is 10.8. The number of piperazine rings is 1. The van der Waals surface area contributed by atoms with Gasteiger partial charge in [-0.2, -0.15) is 19.6 Å². The largest absolute Gasteiger partial charge is 0.467 e. The molecule has 0 spiro atoms. The second-order valence-electron chi connectivity index (χ2n) is 8.33. The lowest BCUT2D eigenvalue weighted by molar-refractivity contribution is 0.102. The van der Waals surface area contributed by atoms with Crippen LogP contribution >= 0.6 is 0 Å². The number of aromatic nitrogens is 6. The highest BCUT2D eigenvalue weighted by molar-refractivity contribution is 6.13. The molecule has 1 fully saturated rings. The summed E-state index contributed by atoms with van der Waals surface area (Å²) < 4.78 is 6.74. The van der Waals surface area contributed by atoms with Crippen molar-refractivity contribution in [3.05, 3.63) is 42.0 Å². The van der Waals surface area contributed by atoms with Gasteiger partial charge in [0.15, 0.2) is 0 Å². The SMILES string of the molecule is COc1ncc2c(N3C[C@H](C)N[C@@H](C)C3)ccc(C(=O)Nc3cc(C)nc4ncnn34)c2n1.